The van der Waals surface area contributed by atoms with Gasteiger partial charge in [-0.25, -0.2) is 13.1 Å². The smallest absolute Gasteiger partial charge is 0.281 e. The van der Waals surface area contributed by atoms with Gasteiger partial charge < -0.3 is 4.57 Å². The summed E-state index contributed by atoms with van der Waals surface area (Å²) in [7, 11) is -2.14. The van der Waals surface area contributed by atoms with E-state index in [1.165, 1.54) is 12.1 Å². The number of amides is 1. The van der Waals surface area contributed by atoms with Crippen LogP contribution in [-0.2, 0) is 23.5 Å². The predicted octanol–water partition coefficient (Wildman–Crippen LogP) is 5.24. The molecule has 0 unspecified atom stereocenters. The van der Waals surface area contributed by atoms with Crippen LogP contribution in [0, 0.1) is 6.92 Å². The molecule has 0 saturated heterocycles. The molecule has 0 aliphatic rings. The number of nitrogens with zero attached hydrogens (tertiary/aromatic N) is 1. The van der Waals surface area contributed by atoms with Crippen molar-refractivity contribution in [1.29, 1.82) is 0 Å². The SMILES string of the molecule is CCCCCCc1cc(-c2ccccc2)n(C)c1C(=O)NS(=O)(=O)c1ccc(C)cc1. The number of unbranched alkanes of at least 4 members (excludes halogenated alkanes) is 3. The van der Waals surface area contributed by atoms with Gasteiger partial charge in [-0.15, -0.1) is 0 Å². The summed E-state index contributed by atoms with van der Waals surface area (Å²) < 4.78 is 29.6. The molecule has 164 valence electrons. The second-order valence-electron chi connectivity index (χ2n) is 7.89. The van der Waals surface area contributed by atoms with Gasteiger partial charge in [-0.2, -0.15) is 0 Å². The third-order valence-corrected chi connectivity index (χ3v) is 6.80. The molecule has 1 N–H and O–H groups in total. The Balaban J connectivity index is 1.94. The Bertz CT molecular complexity index is 1130. The lowest BCUT2D eigenvalue weighted by atomic mass is 10.1. The van der Waals surface area contributed by atoms with Crippen molar-refractivity contribution in [2.24, 2.45) is 7.05 Å². The Morgan fingerprint density at radius 3 is 2.29 bits per heavy atom. The van der Waals surface area contributed by atoms with Gasteiger partial charge >= 0.3 is 0 Å². The quantitative estimate of drug-likeness (QED) is 0.465. The number of hydrogen-bond donors (Lipinski definition) is 1. The Kier molecular flexibility index (Phi) is 7.33. The van der Waals surface area contributed by atoms with Gasteiger partial charge in [-0.3, -0.25) is 4.79 Å². The highest BCUT2D eigenvalue weighted by Gasteiger charge is 2.24. The van der Waals surface area contributed by atoms with Crippen LogP contribution in [0.1, 0.15) is 54.2 Å². The zero-order valence-electron chi connectivity index (χ0n) is 18.4. The fourth-order valence-corrected chi connectivity index (χ4v) is 4.68. The fraction of sp³-hybridized carbons (Fsp3) is 0.320. The Morgan fingerprint density at radius 1 is 0.968 bits per heavy atom. The summed E-state index contributed by atoms with van der Waals surface area (Å²) in [5, 5.41) is 0. The Hall–Kier alpha value is -2.86. The van der Waals surface area contributed by atoms with Gasteiger partial charge in [0.2, 0.25) is 0 Å². The average Bonchev–Trinajstić information content (AvgIpc) is 3.08. The molecule has 1 amide bonds. The van der Waals surface area contributed by atoms with Gasteiger partial charge in [0.1, 0.15) is 5.69 Å². The van der Waals surface area contributed by atoms with Crippen molar-refractivity contribution in [3.63, 3.8) is 0 Å². The minimum absolute atomic E-state index is 0.0773. The monoisotopic (exact) mass is 438 g/mol. The molecule has 0 aliphatic heterocycles. The zero-order chi connectivity index (χ0) is 22.4. The third kappa shape index (κ3) is 5.44. The van der Waals surface area contributed by atoms with Crippen molar-refractivity contribution in [1.82, 2.24) is 9.29 Å². The van der Waals surface area contributed by atoms with Gasteiger partial charge in [-0.1, -0.05) is 74.2 Å². The van der Waals surface area contributed by atoms with Crippen LogP contribution in [0.25, 0.3) is 11.3 Å². The van der Waals surface area contributed by atoms with Crippen molar-refractivity contribution in [2.45, 2.75) is 50.8 Å². The van der Waals surface area contributed by atoms with Gasteiger partial charge in [0, 0.05) is 12.7 Å². The number of rotatable bonds is 9. The average molecular weight is 439 g/mol. The molecule has 1 heterocycles. The molecule has 3 aromatic rings. The Morgan fingerprint density at radius 2 is 1.65 bits per heavy atom. The predicted molar refractivity (Wildman–Crippen MR) is 125 cm³/mol. The molecule has 0 fully saturated rings. The number of sulfonamides is 1. The second kappa shape index (κ2) is 9.96. The molecular weight excluding hydrogens is 408 g/mol. The van der Waals surface area contributed by atoms with Crippen molar-refractivity contribution < 1.29 is 13.2 Å². The van der Waals surface area contributed by atoms with Gasteiger partial charge in [0.05, 0.1) is 4.90 Å². The summed E-state index contributed by atoms with van der Waals surface area (Å²) >= 11 is 0. The molecule has 0 aliphatic carbocycles. The first-order chi connectivity index (χ1) is 14.8. The molecule has 0 bridgehead atoms. The van der Waals surface area contributed by atoms with Crippen LogP contribution in [0.5, 0.6) is 0 Å². The first-order valence-corrected chi connectivity index (χ1v) is 12.2. The van der Waals surface area contributed by atoms with E-state index in [-0.39, 0.29) is 4.90 Å². The molecule has 1 aromatic heterocycles. The number of carbonyl (C=O) groups excluding carboxylic acids is 1. The van der Waals surface area contributed by atoms with E-state index in [0.29, 0.717) is 5.69 Å². The first-order valence-electron chi connectivity index (χ1n) is 10.7. The molecule has 6 heteroatoms. The molecule has 0 saturated carbocycles. The summed E-state index contributed by atoms with van der Waals surface area (Å²) in [6.07, 6.45) is 5.04. The molecule has 2 aromatic carbocycles. The molecule has 0 atom stereocenters. The maximum absolute atomic E-state index is 13.2. The van der Waals surface area contributed by atoms with E-state index in [4.69, 9.17) is 0 Å². The van der Waals surface area contributed by atoms with E-state index >= 15 is 0 Å². The van der Waals surface area contributed by atoms with Crippen LogP contribution in [0.3, 0.4) is 0 Å². The summed E-state index contributed by atoms with van der Waals surface area (Å²) in [4.78, 5) is 13.2. The summed E-state index contributed by atoms with van der Waals surface area (Å²) in [5.41, 5.74) is 4.10. The standard InChI is InChI=1S/C25H30N2O3S/c1-4-5-6-8-13-21-18-23(20-11-9-7-10-12-20)27(3)24(21)25(28)26-31(29,30)22-16-14-19(2)15-17-22/h7,9-12,14-18H,4-6,8,13H2,1-3H3,(H,26,28). The highest BCUT2D eigenvalue weighted by molar-refractivity contribution is 7.90. The molecular formula is C25H30N2O3S. The van der Waals surface area contributed by atoms with Gasteiger partial charge in [-0.05, 0) is 49.1 Å². The van der Waals surface area contributed by atoms with E-state index in [2.05, 4.69) is 11.6 Å². The van der Waals surface area contributed by atoms with Crippen molar-refractivity contribution in [3.05, 3.63) is 77.5 Å². The molecule has 0 spiro atoms. The molecule has 3 rings (SSSR count). The van der Waals surface area contributed by atoms with Crippen LogP contribution in [-0.4, -0.2) is 18.9 Å². The minimum atomic E-state index is -3.96. The number of aromatic nitrogens is 1. The lowest BCUT2D eigenvalue weighted by Crippen LogP contribution is -2.32. The first kappa shape index (κ1) is 22.8. The van der Waals surface area contributed by atoms with E-state index in [1.54, 1.807) is 16.7 Å². The topological polar surface area (TPSA) is 68.2 Å². The fourth-order valence-electron chi connectivity index (χ4n) is 3.73. The van der Waals surface area contributed by atoms with E-state index in [0.717, 1.165) is 54.5 Å². The molecule has 31 heavy (non-hydrogen) atoms. The second-order valence-corrected chi connectivity index (χ2v) is 9.57. The largest absolute Gasteiger partial charge is 0.339 e. The van der Waals surface area contributed by atoms with Crippen LogP contribution in [0.15, 0.2) is 65.6 Å². The molecule has 0 radical (unpaired) electrons. The van der Waals surface area contributed by atoms with Crippen molar-refractivity contribution >= 4 is 15.9 Å². The lowest BCUT2D eigenvalue weighted by molar-refractivity contribution is 0.0972. The van der Waals surface area contributed by atoms with Crippen LogP contribution >= 0.6 is 0 Å². The number of nitrogens with one attached hydrogen (secondary N) is 1. The van der Waals surface area contributed by atoms with Crippen LogP contribution in [0.2, 0.25) is 0 Å². The molecule has 5 nitrogen and oxygen atoms in total. The zero-order valence-corrected chi connectivity index (χ0v) is 19.2. The van der Waals surface area contributed by atoms with Gasteiger partial charge in [0.25, 0.3) is 15.9 Å². The van der Waals surface area contributed by atoms with Crippen molar-refractivity contribution in [3.8, 4) is 11.3 Å². The maximum Gasteiger partial charge on any atom is 0.281 e. The summed E-state index contributed by atoms with van der Waals surface area (Å²) in [6, 6.07) is 18.3. The summed E-state index contributed by atoms with van der Waals surface area (Å²) in [6.45, 7) is 4.04. The van der Waals surface area contributed by atoms with E-state index in [1.807, 2.05) is 50.4 Å². The number of benzene rings is 2. The van der Waals surface area contributed by atoms with Gasteiger partial charge in [0.15, 0.2) is 0 Å². The summed E-state index contributed by atoms with van der Waals surface area (Å²) in [5.74, 6) is -0.601. The number of carbonyl (C=O) groups is 1. The highest BCUT2D eigenvalue weighted by Crippen LogP contribution is 2.27. The van der Waals surface area contributed by atoms with E-state index < -0.39 is 15.9 Å². The number of aryl methyl sites for hydroxylation is 2. The number of hydrogen-bond acceptors (Lipinski definition) is 3. The normalized spacial score (nSPS) is 11.5. The highest BCUT2D eigenvalue weighted by atomic mass is 32.2. The minimum Gasteiger partial charge on any atom is -0.339 e. The van der Waals surface area contributed by atoms with Crippen molar-refractivity contribution in [2.75, 3.05) is 0 Å². The lowest BCUT2D eigenvalue weighted by Gasteiger charge is -2.11. The van der Waals surface area contributed by atoms with E-state index in [9.17, 15) is 13.2 Å². The third-order valence-electron chi connectivity index (χ3n) is 5.45. The maximum atomic E-state index is 13.2. The van der Waals surface area contributed by atoms with Crippen LogP contribution in [0.4, 0.5) is 0 Å². The van der Waals surface area contributed by atoms with Crippen LogP contribution < -0.4 is 4.72 Å². The Labute approximate surface area is 185 Å².